The average Bonchev–Trinajstić information content (AvgIpc) is 3.08. The molecule has 0 spiro atoms. The Bertz CT molecular complexity index is 665. The van der Waals surface area contributed by atoms with Gasteiger partial charge in [0.05, 0.1) is 18.1 Å². The van der Waals surface area contributed by atoms with E-state index >= 15 is 0 Å². The molecule has 2 saturated heterocycles. The molecule has 0 aromatic heterocycles. The van der Waals surface area contributed by atoms with Gasteiger partial charge in [-0.25, -0.2) is 4.79 Å². The Balaban J connectivity index is 1.72. The lowest BCUT2D eigenvalue weighted by molar-refractivity contribution is -0.163. The fourth-order valence-electron chi connectivity index (χ4n) is 4.15. The van der Waals surface area contributed by atoms with Crippen molar-refractivity contribution in [3.63, 3.8) is 0 Å². The molecule has 0 radical (unpaired) electrons. The molecule has 0 aliphatic carbocycles. The Labute approximate surface area is 156 Å². The van der Waals surface area contributed by atoms with Crippen LogP contribution < -0.4 is 10.6 Å². The minimum absolute atomic E-state index is 0.0692. The van der Waals surface area contributed by atoms with E-state index in [0.717, 1.165) is 13.0 Å². The summed E-state index contributed by atoms with van der Waals surface area (Å²) < 4.78 is 0. The van der Waals surface area contributed by atoms with E-state index in [1.165, 1.54) is 23.6 Å². The van der Waals surface area contributed by atoms with Crippen LogP contribution in [0.25, 0.3) is 0 Å². The smallest absolute Gasteiger partial charge is 0.353 e. The molecular formula is C17H25N3O5S. The molecule has 6 atom stereocenters. The monoisotopic (exact) mass is 383 g/mol. The van der Waals surface area contributed by atoms with Crippen molar-refractivity contribution in [2.24, 2.45) is 11.8 Å². The number of carbonyl (C=O) groups is 3. The number of nitrogens with zero attached hydrogens (tertiary/aromatic N) is 1. The van der Waals surface area contributed by atoms with E-state index in [9.17, 15) is 24.6 Å². The first-order valence-corrected chi connectivity index (χ1v) is 9.73. The molecule has 3 heterocycles. The highest BCUT2D eigenvalue weighted by Gasteiger charge is 2.60. The Morgan fingerprint density at radius 3 is 2.73 bits per heavy atom. The van der Waals surface area contributed by atoms with Gasteiger partial charge in [-0.2, -0.15) is 0 Å². The topological polar surface area (TPSA) is 119 Å². The maximum atomic E-state index is 12.3. The van der Waals surface area contributed by atoms with E-state index in [1.807, 2.05) is 6.92 Å². The Morgan fingerprint density at radius 2 is 2.15 bits per heavy atom. The second-order valence-electron chi connectivity index (χ2n) is 7.29. The van der Waals surface area contributed by atoms with Crippen LogP contribution in [0.2, 0.25) is 0 Å². The van der Waals surface area contributed by atoms with Crippen LogP contribution in [-0.4, -0.2) is 69.4 Å². The summed E-state index contributed by atoms with van der Waals surface area (Å²) in [6.07, 6.45) is 0.0211. The number of amides is 2. The number of aliphatic hydroxyl groups is 1. The first kappa shape index (κ1) is 19.2. The summed E-state index contributed by atoms with van der Waals surface area (Å²) in [5.41, 5.74) is 0.0692. The van der Waals surface area contributed by atoms with Gasteiger partial charge in [-0.15, -0.1) is 11.8 Å². The molecule has 3 aliphatic rings. The SMILES string of the molecule is CC(=O)NC[C@@H]1C[C@H](SC2=C(C(=O)O)N3C(=O)[C@H]([C@@H](C)O)[C@H]3[C@H]2C)CN1. The molecule has 0 saturated carbocycles. The standard InChI is InChI=1S/C17H25N3O5S/c1-7-13-12(8(2)21)16(23)20(13)14(17(24)25)15(7)26-11-4-10(19-6-11)5-18-9(3)22/h7-8,10-13,19,21H,4-6H2,1-3H3,(H,18,22)(H,24,25)/t7-,8-,10+,11+,12-,13-/m1/s1. The van der Waals surface area contributed by atoms with Crippen molar-refractivity contribution in [3.8, 4) is 0 Å². The van der Waals surface area contributed by atoms with Gasteiger partial charge in [0.15, 0.2) is 0 Å². The Hall–Kier alpha value is -1.58. The van der Waals surface area contributed by atoms with E-state index in [0.29, 0.717) is 11.4 Å². The molecule has 0 unspecified atom stereocenters. The number of carboxylic acid groups (broad SMARTS) is 1. The third-order valence-electron chi connectivity index (χ3n) is 5.38. The number of carboxylic acids is 1. The third kappa shape index (κ3) is 3.23. The van der Waals surface area contributed by atoms with Gasteiger partial charge in [0.1, 0.15) is 5.70 Å². The zero-order chi connectivity index (χ0) is 19.2. The Morgan fingerprint density at radius 1 is 1.46 bits per heavy atom. The molecule has 9 heteroatoms. The number of carbonyl (C=O) groups excluding carboxylic acids is 2. The van der Waals surface area contributed by atoms with Gasteiger partial charge in [-0.1, -0.05) is 6.92 Å². The quantitative estimate of drug-likeness (QED) is 0.467. The van der Waals surface area contributed by atoms with E-state index in [1.54, 1.807) is 6.92 Å². The lowest BCUT2D eigenvalue weighted by atomic mass is 9.79. The summed E-state index contributed by atoms with van der Waals surface area (Å²) in [6, 6.07) is -0.119. The maximum absolute atomic E-state index is 12.3. The fraction of sp³-hybridized carbons (Fsp3) is 0.706. The van der Waals surface area contributed by atoms with Crippen molar-refractivity contribution in [2.45, 2.75) is 50.6 Å². The highest BCUT2D eigenvalue weighted by Crippen LogP contribution is 2.51. The van der Waals surface area contributed by atoms with E-state index < -0.39 is 18.0 Å². The first-order chi connectivity index (χ1) is 12.2. The lowest BCUT2D eigenvalue weighted by Crippen LogP contribution is -2.63. The number of rotatable bonds is 6. The number of aliphatic carboxylic acids is 1. The van der Waals surface area contributed by atoms with Gasteiger partial charge < -0.3 is 25.7 Å². The lowest BCUT2D eigenvalue weighted by Gasteiger charge is -2.46. The zero-order valence-electron chi connectivity index (χ0n) is 15.1. The van der Waals surface area contributed by atoms with Crippen molar-refractivity contribution in [1.29, 1.82) is 0 Å². The van der Waals surface area contributed by atoms with Crippen LogP contribution in [0.1, 0.15) is 27.2 Å². The average molecular weight is 383 g/mol. The molecule has 4 N–H and O–H groups in total. The van der Waals surface area contributed by atoms with Gasteiger partial charge in [-0.3, -0.25) is 9.59 Å². The second kappa shape index (κ2) is 7.21. The number of hydrogen-bond acceptors (Lipinski definition) is 6. The van der Waals surface area contributed by atoms with Gasteiger partial charge in [-0.05, 0) is 13.3 Å². The van der Waals surface area contributed by atoms with Crippen molar-refractivity contribution in [2.75, 3.05) is 13.1 Å². The molecular weight excluding hydrogens is 358 g/mol. The summed E-state index contributed by atoms with van der Waals surface area (Å²) in [5.74, 6) is -2.13. The van der Waals surface area contributed by atoms with Crippen LogP contribution in [0.3, 0.4) is 0 Å². The summed E-state index contributed by atoms with van der Waals surface area (Å²) in [4.78, 5) is 37.2. The van der Waals surface area contributed by atoms with Crippen LogP contribution in [0, 0.1) is 11.8 Å². The van der Waals surface area contributed by atoms with E-state index in [2.05, 4.69) is 10.6 Å². The summed E-state index contributed by atoms with van der Waals surface area (Å²) in [6.45, 7) is 6.24. The van der Waals surface area contributed by atoms with Crippen molar-refractivity contribution >= 4 is 29.5 Å². The summed E-state index contributed by atoms with van der Waals surface area (Å²) in [5, 5.41) is 25.8. The number of hydrogen-bond donors (Lipinski definition) is 4. The number of nitrogens with one attached hydrogen (secondary N) is 2. The van der Waals surface area contributed by atoms with Crippen LogP contribution in [-0.2, 0) is 14.4 Å². The molecule has 0 bridgehead atoms. The normalized spacial score (nSPS) is 34.5. The van der Waals surface area contributed by atoms with Gasteiger partial charge in [0.25, 0.3) is 0 Å². The summed E-state index contributed by atoms with van der Waals surface area (Å²) >= 11 is 1.51. The van der Waals surface area contributed by atoms with Crippen LogP contribution in [0.5, 0.6) is 0 Å². The summed E-state index contributed by atoms with van der Waals surface area (Å²) in [7, 11) is 0. The van der Waals surface area contributed by atoms with Crippen molar-refractivity contribution < 1.29 is 24.6 Å². The molecule has 0 aromatic rings. The van der Waals surface area contributed by atoms with E-state index in [4.69, 9.17) is 0 Å². The zero-order valence-corrected chi connectivity index (χ0v) is 15.9. The number of β-lactam (4-membered cyclic amide) rings is 1. The fourth-order valence-corrected chi connectivity index (χ4v) is 5.67. The van der Waals surface area contributed by atoms with Crippen LogP contribution >= 0.6 is 11.8 Å². The molecule has 2 amide bonds. The van der Waals surface area contributed by atoms with Crippen LogP contribution in [0.15, 0.2) is 10.6 Å². The minimum Gasteiger partial charge on any atom is -0.477 e. The predicted octanol–water partition coefficient (Wildman–Crippen LogP) is -0.260. The highest BCUT2D eigenvalue weighted by molar-refractivity contribution is 8.03. The predicted molar refractivity (Wildman–Crippen MR) is 96.1 cm³/mol. The number of fused-ring (bicyclic) bond motifs is 1. The molecule has 2 fully saturated rings. The largest absolute Gasteiger partial charge is 0.477 e. The first-order valence-electron chi connectivity index (χ1n) is 8.85. The van der Waals surface area contributed by atoms with Gasteiger partial charge >= 0.3 is 5.97 Å². The van der Waals surface area contributed by atoms with Gasteiger partial charge in [0, 0.05) is 42.1 Å². The molecule has 144 valence electrons. The molecule has 8 nitrogen and oxygen atoms in total. The molecule has 0 aromatic carbocycles. The highest BCUT2D eigenvalue weighted by atomic mass is 32.2. The van der Waals surface area contributed by atoms with Crippen molar-refractivity contribution in [3.05, 3.63) is 10.6 Å². The third-order valence-corrected chi connectivity index (χ3v) is 6.90. The number of thioether (sulfide) groups is 1. The maximum Gasteiger partial charge on any atom is 0.353 e. The minimum atomic E-state index is -1.10. The van der Waals surface area contributed by atoms with E-state index in [-0.39, 0.29) is 40.8 Å². The van der Waals surface area contributed by atoms with Crippen LogP contribution in [0.4, 0.5) is 0 Å². The molecule has 3 aliphatic heterocycles. The molecule has 3 rings (SSSR count). The van der Waals surface area contributed by atoms with Crippen molar-refractivity contribution in [1.82, 2.24) is 15.5 Å². The second-order valence-corrected chi connectivity index (χ2v) is 8.63. The Kier molecular flexibility index (Phi) is 5.32. The molecule has 26 heavy (non-hydrogen) atoms. The van der Waals surface area contributed by atoms with Gasteiger partial charge in [0.2, 0.25) is 11.8 Å². The number of aliphatic hydroxyl groups excluding tert-OH is 1.